The van der Waals surface area contributed by atoms with Gasteiger partial charge in [0, 0.05) is 0 Å². The van der Waals surface area contributed by atoms with Crippen LogP contribution in [-0.2, 0) is 29.4 Å². The fourth-order valence-corrected chi connectivity index (χ4v) is 3.04. The molecule has 2 aromatic heterocycles. The number of aromatic nitrogens is 2. The van der Waals surface area contributed by atoms with Gasteiger partial charge in [0.05, 0.1) is 23.1 Å². The summed E-state index contributed by atoms with van der Waals surface area (Å²) in [5, 5.41) is 29.3. The first-order valence-corrected chi connectivity index (χ1v) is 10.9. The minimum atomic E-state index is -4.49. The molecule has 15 heteroatoms. The van der Waals surface area contributed by atoms with E-state index in [0.29, 0.717) is 0 Å². The molecule has 0 amide bonds. The molecule has 4 rings (SSSR count). The molecule has 0 N–H and O–H groups in total. The Bertz CT molecular complexity index is 1400. The first kappa shape index (κ1) is 32.6. The number of aromatic carboxylic acids is 2. The number of alkyl halides is 6. The SMILES string of the molecule is O=C([O-])c1cccnc1[N-]c1cccc(C(F)(F)F)c1.O=C([O-])c1cccnc1[N-]c1cccc(C(F)(F)F)c1.[Cu+2]. The van der Waals surface area contributed by atoms with Gasteiger partial charge in [0.2, 0.25) is 0 Å². The van der Waals surface area contributed by atoms with Crippen LogP contribution in [0.2, 0.25) is 0 Å². The van der Waals surface area contributed by atoms with E-state index in [2.05, 4.69) is 20.6 Å². The average Bonchev–Trinajstić information content (AvgIpc) is 2.89. The zero-order valence-corrected chi connectivity index (χ0v) is 21.0. The van der Waals surface area contributed by atoms with E-state index in [1.807, 2.05) is 0 Å². The molecule has 2 aromatic carbocycles. The zero-order chi connectivity index (χ0) is 29.5. The third-order valence-corrected chi connectivity index (χ3v) is 4.83. The minimum absolute atomic E-state index is 0. The van der Waals surface area contributed by atoms with Crippen molar-refractivity contribution in [1.29, 1.82) is 0 Å². The molecule has 0 aliphatic heterocycles. The number of nitrogens with zero attached hydrogens (tertiary/aromatic N) is 4. The number of rotatable bonds is 6. The summed E-state index contributed by atoms with van der Waals surface area (Å²) >= 11 is 0. The molecule has 0 saturated heterocycles. The van der Waals surface area contributed by atoms with Gasteiger partial charge in [0.25, 0.3) is 0 Å². The van der Waals surface area contributed by atoms with E-state index in [-0.39, 0.29) is 51.2 Å². The van der Waals surface area contributed by atoms with Gasteiger partial charge in [-0.1, -0.05) is 73.1 Å². The van der Waals surface area contributed by atoms with Crippen LogP contribution in [0.25, 0.3) is 10.6 Å². The smallest absolute Gasteiger partial charge is 0.545 e. The molecule has 2 heterocycles. The van der Waals surface area contributed by atoms with Crippen molar-refractivity contribution in [2.75, 3.05) is 0 Å². The molecule has 0 aliphatic carbocycles. The molecule has 0 atom stereocenters. The summed E-state index contributed by atoms with van der Waals surface area (Å²) in [6, 6.07) is 13.6. The summed E-state index contributed by atoms with van der Waals surface area (Å²) in [5.41, 5.74) is -2.40. The molecule has 41 heavy (non-hydrogen) atoms. The van der Waals surface area contributed by atoms with Crippen LogP contribution in [0.3, 0.4) is 0 Å². The summed E-state index contributed by atoms with van der Waals surface area (Å²) in [5.74, 6) is -3.40. The van der Waals surface area contributed by atoms with Crippen LogP contribution in [0, 0.1) is 0 Å². The second kappa shape index (κ2) is 13.6. The number of pyridine rings is 2. The van der Waals surface area contributed by atoms with E-state index >= 15 is 0 Å². The molecule has 1 radical (unpaired) electrons. The third kappa shape index (κ3) is 9.22. The molecule has 0 aliphatic rings. The predicted molar refractivity (Wildman–Crippen MR) is 125 cm³/mol. The molecular weight excluding hydrogens is 610 g/mol. The number of benzene rings is 2. The third-order valence-electron chi connectivity index (χ3n) is 4.83. The normalized spacial score (nSPS) is 10.9. The Labute approximate surface area is 238 Å². The number of carbonyl (C=O) groups is 2. The van der Waals surface area contributed by atoms with E-state index in [4.69, 9.17) is 0 Å². The van der Waals surface area contributed by atoms with Crippen molar-refractivity contribution in [2.24, 2.45) is 0 Å². The van der Waals surface area contributed by atoms with Gasteiger partial charge in [-0.2, -0.15) is 26.3 Å². The zero-order valence-electron chi connectivity index (χ0n) is 20.1. The van der Waals surface area contributed by atoms with E-state index in [1.54, 1.807) is 0 Å². The summed E-state index contributed by atoms with van der Waals surface area (Å²) in [6.07, 6.45) is -6.41. The molecule has 4 aromatic rings. The number of hydrogen-bond donors (Lipinski definition) is 0. The van der Waals surface area contributed by atoms with Gasteiger partial charge >= 0.3 is 29.4 Å². The van der Waals surface area contributed by atoms with E-state index < -0.39 is 35.4 Å². The van der Waals surface area contributed by atoms with Crippen LogP contribution in [0.5, 0.6) is 0 Å². The summed E-state index contributed by atoms with van der Waals surface area (Å²) in [6.45, 7) is 0. The summed E-state index contributed by atoms with van der Waals surface area (Å²) in [7, 11) is 0. The van der Waals surface area contributed by atoms with E-state index in [9.17, 15) is 46.1 Å². The van der Waals surface area contributed by atoms with E-state index in [0.717, 1.165) is 24.3 Å². The Hall–Kier alpha value is -4.62. The first-order chi connectivity index (χ1) is 18.8. The molecule has 0 unspecified atom stereocenters. The molecule has 8 nitrogen and oxygen atoms in total. The average molecular weight is 624 g/mol. The monoisotopic (exact) mass is 623 g/mol. The number of halogens is 6. The van der Waals surface area contributed by atoms with Crippen LogP contribution < -0.4 is 10.2 Å². The maximum absolute atomic E-state index is 12.6. The minimum Gasteiger partial charge on any atom is -0.545 e. The fraction of sp³-hybridized carbons (Fsp3) is 0.0769. The van der Waals surface area contributed by atoms with Crippen molar-refractivity contribution in [3.8, 4) is 0 Å². The van der Waals surface area contributed by atoms with Crippen LogP contribution in [0.15, 0.2) is 85.2 Å². The van der Waals surface area contributed by atoms with Gasteiger partial charge in [0.15, 0.2) is 0 Å². The topological polar surface area (TPSA) is 134 Å². The molecule has 0 spiro atoms. The predicted octanol–water partition coefficient (Wildman–Crippen LogP) is 5.60. The van der Waals surface area contributed by atoms with Crippen LogP contribution >= 0.6 is 0 Å². The summed E-state index contributed by atoms with van der Waals surface area (Å²) < 4.78 is 75.3. The van der Waals surface area contributed by atoms with Gasteiger partial charge in [0.1, 0.15) is 0 Å². The standard InChI is InChI=1S/2C13H9F3N2O2.Cu/c2*14-13(15,16)8-3-1-4-9(7-8)18-11-10(12(19)20)5-2-6-17-11;/h2*1-7H,(H2,17,18,19,20);/q;;+2/p-4. The molecular formula is C26H14CuF6N4O4-2. The van der Waals surface area contributed by atoms with Crippen molar-refractivity contribution in [3.05, 3.63) is 118 Å². The number of carboxylic acid groups (broad SMARTS) is 2. The fourth-order valence-electron chi connectivity index (χ4n) is 3.04. The molecule has 0 fully saturated rings. The molecule has 217 valence electrons. The molecule has 0 bridgehead atoms. The van der Waals surface area contributed by atoms with Crippen LogP contribution in [0.4, 0.5) is 49.4 Å². The van der Waals surface area contributed by atoms with Gasteiger partial charge < -0.3 is 40.4 Å². The van der Waals surface area contributed by atoms with E-state index in [1.165, 1.54) is 60.9 Å². The Morgan fingerprint density at radius 3 is 1.29 bits per heavy atom. The maximum Gasteiger partial charge on any atom is 2.00 e. The second-order valence-corrected chi connectivity index (χ2v) is 7.64. The van der Waals surface area contributed by atoms with Gasteiger partial charge in [-0.15, -0.1) is 0 Å². The maximum atomic E-state index is 12.6. The van der Waals surface area contributed by atoms with Crippen LogP contribution in [-0.4, -0.2) is 21.9 Å². The Morgan fingerprint density at radius 2 is 0.976 bits per heavy atom. The Morgan fingerprint density at radius 1 is 0.610 bits per heavy atom. The Kier molecular flexibility index (Phi) is 10.8. The Balaban J connectivity index is 0.000000280. The van der Waals surface area contributed by atoms with Crippen molar-refractivity contribution < 1.29 is 63.2 Å². The number of hydrogen-bond acceptors (Lipinski definition) is 6. The number of carboxylic acids is 2. The van der Waals surface area contributed by atoms with Gasteiger partial charge in [-0.3, -0.25) is 0 Å². The van der Waals surface area contributed by atoms with Crippen molar-refractivity contribution >= 4 is 34.9 Å². The summed E-state index contributed by atoms with van der Waals surface area (Å²) in [4.78, 5) is 29.1. The van der Waals surface area contributed by atoms with Crippen molar-refractivity contribution in [1.82, 2.24) is 9.97 Å². The molecule has 0 saturated carbocycles. The van der Waals surface area contributed by atoms with Crippen molar-refractivity contribution in [2.45, 2.75) is 12.4 Å². The quantitative estimate of drug-likeness (QED) is 0.203. The van der Waals surface area contributed by atoms with Gasteiger partial charge in [-0.05, 0) is 46.3 Å². The van der Waals surface area contributed by atoms with Gasteiger partial charge in [-0.25, -0.2) is 0 Å². The van der Waals surface area contributed by atoms with Crippen LogP contribution in [0.1, 0.15) is 31.8 Å². The number of carbonyl (C=O) groups excluding carboxylic acids is 2. The van der Waals surface area contributed by atoms with Crippen molar-refractivity contribution in [3.63, 3.8) is 0 Å². The largest absolute Gasteiger partial charge is 2.00 e. The second-order valence-electron chi connectivity index (χ2n) is 7.64. The first-order valence-electron chi connectivity index (χ1n) is 10.9.